The first kappa shape index (κ1) is 16.0. The standard InChI is InChI=1S/C18H16N2O3S/c1-10-3-4-11(2)14(7-10)15-9-24-18(20-15)19-12-5-6-13(17(22)23)16(21)8-12/h3-9,21H,1-2H3,(H,19,20)(H,22,23)/p-1. The highest BCUT2D eigenvalue weighted by Crippen LogP contribution is 2.30. The summed E-state index contributed by atoms with van der Waals surface area (Å²) in [5.41, 5.74) is 4.53. The summed E-state index contributed by atoms with van der Waals surface area (Å²) >= 11 is 1.43. The van der Waals surface area contributed by atoms with Gasteiger partial charge in [-0.1, -0.05) is 23.4 Å². The summed E-state index contributed by atoms with van der Waals surface area (Å²) in [5, 5.41) is 26.3. The van der Waals surface area contributed by atoms with Gasteiger partial charge in [-0.25, -0.2) is 9.78 Å². The molecule has 24 heavy (non-hydrogen) atoms. The zero-order valence-corrected chi connectivity index (χ0v) is 14.0. The Morgan fingerprint density at radius 1 is 1.21 bits per heavy atom. The monoisotopic (exact) mass is 339 g/mol. The minimum absolute atomic E-state index is 0.240. The third kappa shape index (κ3) is 3.23. The predicted molar refractivity (Wildman–Crippen MR) is 93.2 cm³/mol. The van der Waals surface area contributed by atoms with Crippen molar-refractivity contribution in [3.05, 3.63) is 58.5 Å². The second-order valence-electron chi connectivity index (χ2n) is 5.50. The summed E-state index contributed by atoms with van der Waals surface area (Å²) in [7, 11) is 0. The summed E-state index contributed by atoms with van der Waals surface area (Å²) in [6.45, 7) is 4.07. The Hall–Kier alpha value is -2.86. The zero-order chi connectivity index (χ0) is 17.3. The number of hydrogen-bond donors (Lipinski definition) is 2. The van der Waals surface area contributed by atoms with Crippen LogP contribution in [0, 0.1) is 13.8 Å². The lowest BCUT2D eigenvalue weighted by atomic mass is 10.0. The van der Waals surface area contributed by atoms with Gasteiger partial charge in [0.1, 0.15) is 0 Å². The Morgan fingerprint density at radius 3 is 2.71 bits per heavy atom. The number of aryl methyl sites for hydroxylation is 2. The molecule has 0 aliphatic rings. The lowest BCUT2D eigenvalue weighted by molar-refractivity contribution is -0.268. The van der Waals surface area contributed by atoms with Gasteiger partial charge in [-0.05, 0) is 43.7 Å². The van der Waals surface area contributed by atoms with Crippen LogP contribution in [0.1, 0.15) is 21.5 Å². The molecule has 1 heterocycles. The van der Waals surface area contributed by atoms with Crippen LogP contribution in [-0.4, -0.2) is 16.1 Å². The van der Waals surface area contributed by atoms with Crippen molar-refractivity contribution in [3.8, 4) is 17.0 Å². The highest BCUT2D eigenvalue weighted by Gasteiger charge is 2.09. The maximum absolute atomic E-state index is 11.7. The molecule has 0 amide bonds. The molecule has 0 aliphatic heterocycles. The molecule has 6 heteroatoms. The molecule has 0 saturated heterocycles. The number of benzene rings is 2. The van der Waals surface area contributed by atoms with Crippen LogP contribution in [0.2, 0.25) is 0 Å². The molecule has 5 nitrogen and oxygen atoms in total. The Bertz CT molecular complexity index is 918. The van der Waals surface area contributed by atoms with Crippen molar-refractivity contribution in [2.24, 2.45) is 0 Å². The Kier molecular flexibility index (Phi) is 4.22. The van der Waals surface area contributed by atoms with Gasteiger partial charge in [-0.15, -0.1) is 11.3 Å². The fraction of sp³-hybridized carbons (Fsp3) is 0.111. The third-order valence-corrected chi connectivity index (χ3v) is 4.39. The summed E-state index contributed by atoms with van der Waals surface area (Å²) in [5.74, 6) is -1.75. The van der Waals surface area contributed by atoms with Crippen molar-refractivity contribution >= 4 is 28.1 Å². The van der Waals surface area contributed by atoms with E-state index in [1.54, 1.807) is 6.07 Å². The SMILES string of the molecule is Cc1ccc(C)c(-c2csc(Nc3ccc(C(=O)O)c([O-])c3)n2)c1. The number of anilines is 2. The zero-order valence-electron chi connectivity index (χ0n) is 13.2. The second-order valence-corrected chi connectivity index (χ2v) is 6.36. The molecule has 2 aromatic carbocycles. The molecule has 0 unspecified atom stereocenters. The van der Waals surface area contributed by atoms with Gasteiger partial charge in [0.25, 0.3) is 0 Å². The highest BCUT2D eigenvalue weighted by molar-refractivity contribution is 7.14. The number of nitrogens with zero attached hydrogens (tertiary/aromatic N) is 1. The lowest BCUT2D eigenvalue weighted by Gasteiger charge is -2.12. The van der Waals surface area contributed by atoms with Crippen molar-refractivity contribution in [1.82, 2.24) is 4.98 Å². The Balaban J connectivity index is 1.85. The Labute approximate surface area is 143 Å². The number of aromatic nitrogens is 1. The van der Waals surface area contributed by atoms with Crippen LogP contribution < -0.4 is 10.4 Å². The number of nitrogens with one attached hydrogen (secondary N) is 1. The quantitative estimate of drug-likeness (QED) is 0.752. The molecule has 0 fully saturated rings. The van der Waals surface area contributed by atoms with E-state index in [9.17, 15) is 9.90 Å². The first-order chi connectivity index (χ1) is 11.4. The number of aromatic carboxylic acids is 1. The van der Waals surface area contributed by atoms with E-state index in [1.807, 2.05) is 19.2 Å². The molecule has 0 bridgehead atoms. The van der Waals surface area contributed by atoms with Gasteiger partial charge in [0.05, 0.1) is 11.3 Å². The van der Waals surface area contributed by atoms with E-state index in [0.717, 1.165) is 16.8 Å². The average Bonchev–Trinajstić information content (AvgIpc) is 2.97. The van der Waals surface area contributed by atoms with E-state index < -0.39 is 11.7 Å². The first-order valence-corrected chi connectivity index (χ1v) is 8.16. The average molecular weight is 339 g/mol. The molecule has 0 saturated carbocycles. The van der Waals surface area contributed by atoms with Gasteiger partial charge >= 0.3 is 5.97 Å². The largest absolute Gasteiger partial charge is 0.872 e. The number of carboxylic acid groups (broad SMARTS) is 1. The molecule has 1 aromatic heterocycles. The van der Waals surface area contributed by atoms with Gasteiger partial charge in [0.15, 0.2) is 5.13 Å². The minimum atomic E-state index is -1.22. The topological polar surface area (TPSA) is 85.3 Å². The molecule has 0 atom stereocenters. The minimum Gasteiger partial charge on any atom is -0.872 e. The molecular weight excluding hydrogens is 324 g/mol. The van der Waals surface area contributed by atoms with Crippen LogP contribution in [0.15, 0.2) is 41.8 Å². The third-order valence-electron chi connectivity index (χ3n) is 3.64. The molecule has 0 radical (unpaired) electrons. The second kappa shape index (κ2) is 6.33. The number of carbonyl (C=O) groups is 1. The van der Waals surface area contributed by atoms with Crippen LogP contribution in [0.5, 0.6) is 5.75 Å². The van der Waals surface area contributed by atoms with Gasteiger partial charge in [0.2, 0.25) is 0 Å². The summed E-state index contributed by atoms with van der Waals surface area (Å²) in [6, 6.07) is 10.3. The van der Waals surface area contributed by atoms with Crippen LogP contribution in [0.25, 0.3) is 11.3 Å². The van der Waals surface area contributed by atoms with Crippen molar-refractivity contribution < 1.29 is 15.0 Å². The van der Waals surface area contributed by atoms with Crippen LogP contribution in [0.3, 0.4) is 0 Å². The van der Waals surface area contributed by atoms with E-state index in [2.05, 4.69) is 28.5 Å². The molecule has 2 N–H and O–H groups in total. The van der Waals surface area contributed by atoms with Crippen molar-refractivity contribution in [3.63, 3.8) is 0 Å². The van der Waals surface area contributed by atoms with Crippen molar-refractivity contribution in [1.29, 1.82) is 0 Å². The normalized spacial score (nSPS) is 10.6. The molecule has 122 valence electrons. The number of hydrogen-bond acceptors (Lipinski definition) is 5. The smallest absolute Gasteiger partial charge is 0.335 e. The molecular formula is C18H15N2O3S-. The predicted octanol–water partition coefficient (Wildman–Crippen LogP) is 3.94. The van der Waals surface area contributed by atoms with Gasteiger partial charge in [-0.2, -0.15) is 0 Å². The van der Waals surface area contributed by atoms with E-state index in [4.69, 9.17) is 5.11 Å². The van der Waals surface area contributed by atoms with Gasteiger partial charge < -0.3 is 15.5 Å². The maximum atomic E-state index is 11.7. The van der Waals surface area contributed by atoms with E-state index >= 15 is 0 Å². The van der Waals surface area contributed by atoms with Crippen molar-refractivity contribution in [2.45, 2.75) is 13.8 Å². The first-order valence-electron chi connectivity index (χ1n) is 7.28. The van der Waals surface area contributed by atoms with E-state index in [0.29, 0.717) is 10.8 Å². The van der Waals surface area contributed by atoms with Gasteiger partial charge in [-0.3, -0.25) is 0 Å². The van der Waals surface area contributed by atoms with E-state index in [-0.39, 0.29) is 5.56 Å². The molecule has 3 rings (SSSR count). The fourth-order valence-corrected chi connectivity index (χ4v) is 3.10. The summed E-state index contributed by atoms with van der Waals surface area (Å²) in [6.07, 6.45) is 0. The van der Waals surface area contributed by atoms with Crippen LogP contribution in [-0.2, 0) is 0 Å². The van der Waals surface area contributed by atoms with Crippen molar-refractivity contribution in [2.75, 3.05) is 5.32 Å². The highest BCUT2D eigenvalue weighted by atomic mass is 32.1. The molecule has 0 spiro atoms. The number of rotatable bonds is 4. The van der Waals surface area contributed by atoms with Crippen LogP contribution in [0.4, 0.5) is 10.8 Å². The number of carboxylic acids is 1. The van der Waals surface area contributed by atoms with Crippen LogP contribution >= 0.6 is 11.3 Å². The number of thiazole rings is 1. The maximum Gasteiger partial charge on any atom is 0.335 e. The fourth-order valence-electron chi connectivity index (χ4n) is 2.37. The van der Waals surface area contributed by atoms with Gasteiger partial charge in [0, 0.05) is 16.6 Å². The van der Waals surface area contributed by atoms with E-state index in [1.165, 1.54) is 29.0 Å². The molecule has 0 aliphatic carbocycles. The summed E-state index contributed by atoms with van der Waals surface area (Å²) in [4.78, 5) is 15.4. The summed E-state index contributed by atoms with van der Waals surface area (Å²) < 4.78 is 0. The molecule has 3 aromatic rings. The lowest BCUT2D eigenvalue weighted by Crippen LogP contribution is -2.04. The Morgan fingerprint density at radius 2 is 2.00 bits per heavy atom.